The highest BCUT2D eigenvalue weighted by Gasteiger charge is 2.49. The van der Waals surface area contributed by atoms with Crippen LogP contribution in [0.15, 0.2) is 42.6 Å². The van der Waals surface area contributed by atoms with E-state index in [4.69, 9.17) is 5.73 Å². The van der Waals surface area contributed by atoms with Crippen LogP contribution in [0.25, 0.3) is 0 Å². The van der Waals surface area contributed by atoms with Gasteiger partial charge in [0, 0.05) is 24.0 Å². The minimum Gasteiger partial charge on any atom is -0.399 e. The Balaban J connectivity index is 1.52. The average molecular weight is 362 g/mol. The Bertz CT molecular complexity index is 870. The molecule has 1 saturated heterocycles. The maximum atomic E-state index is 13.8. The van der Waals surface area contributed by atoms with Crippen LogP contribution in [-0.2, 0) is 10.2 Å². The van der Waals surface area contributed by atoms with E-state index in [-0.39, 0.29) is 23.3 Å². The third kappa shape index (κ3) is 2.81. The highest BCUT2D eigenvalue weighted by Crippen LogP contribution is 2.52. The van der Waals surface area contributed by atoms with E-state index >= 15 is 0 Å². The number of nitrogens with zero attached hydrogens (tertiary/aromatic N) is 2. The summed E-state index contributed by atoms with van der Waals surface area (Å²) >= 11 is 0. The van der Waals surface area contributed by atoms with Crippen molar-refractivity contribution in [2.75, 3.05) is 23.7 Å². The average Bonchev–Trinajstić information content (AvgIpc) is 3.47. The molecule has 3 aliphatic rings. The molecule has 140 valence electrons. The maximum absolute atomic E-state index is 13.8. The molecule has 1 saturated carbocycles. The van der Waals surface area contributed by atoms with Crippen molar-refractivity contribution >= 4 is 17.4 Å². The molecule has 2 aromatic rings. The molecule has 2 aliphatic carbocycles. The highest BCUT2D eigenvalue weighted by molar-refractivity contribution is 5.99. The van der Waals surface area contributed by atoms with E-state index in [9.17, 15) is 4.79 Å². The molecule has 1 aromatic heterocycles. The van der Waals surface area contributed by atoms with Crippen molar-refractivity contribution in [3.63, 3.8) is 0 Å². The van der Waals surface area contributed by atoms with Gasteiger partial charge in [0.05, 0.1) is 5.92 Å². The number of aromatic nitrogens is 1. The number of amides is 1. The molecule has 1 aliphatic heterocycles. The van der Waals surface area contributed by atoms with E-state index < -0.39 is 0 Å². The lowest BCUT2D eigenvalue weighted by Gasteiger charge is -2.35. The summed E-state index contributed by atoms with van der Waals surface area (Å²) in [7, 11) is 0. The van der Waals surface area contributed by atoms with Crippen molar-refractivity contribution in [1.82, 2.24) is 10.3 Å². The van der Waals surface area contributed by atoms with Crippen LogP contribution in [0.5, 0.6) is 0 Å². The lowest BCUT2D eigenvalue weighted by Crippen LogP contribution is -2.40. The number of anilines is 2. The summed E-state index contributed by atoms with van der Waals surface area (Å²) in [6.45, 7) is 2.05. The molecule has 1 atom stereocenters. The standard InChI is InChI=1S/C22H26N4O/c23-15-7-10-25-20(13-15)26(16-5-6-16)21(27)18-14-22(8-11-24-12-9-22)19-4-2-1-3-17(18)19/h1-4,7,10,13,16,18,24H,5-6,8-9,11-12,14H2,(H2,23,25). The fourth-order valence-electron chi connectivity index (χ4n) is 5.04. The number of rotatable bonds is 3. The van der Waals surface area contributed by atoms with Gasteiger partial charge in [-0.3, -0.25) is 9.69 Å². The van der Waals surface area contributed by atoms with Crippen LogP contribution in [0, 0.1) is 0 Å². The second-order valence-electron chi connectivity index (χ2n) is 8.26. The summed E-state index contributed by atoms with van der Waals surface area (Å²) in [5, 5.41) is 3.47. The summed E-state index contributed by atoms with van der Waals surface area (Å²) in [5.41, 5.74) is 9.38. The fourth-order valence-corrected chi connectivity index (χ4v) is 5.04. The number of carbonyl (C=O) groups excluding carboxylic acids is 1. The Morgan fingerprint density at radius 2 is 1.96 bits per heavy atom. The van der Waals surface area contributed by atoms with Gasteiger partial charge in [0.1, 0.15) is 5.82 Å². The molecule has 2 fully saturated rings. The molecule has 5 heteroatoms. The van der Waals surface area contributed by atoms with Crippen molar-refractivity contribution in [3.05, 3.63) is 53.7 Å². The largest absolute Gasteiger partial charge is 0.399 e. The topological polar surface area (TPSA) is 71.2 Å². The van der Waals surface area contributed by atoms with E-state index in [1.165, 1.54) is 11.1 Å². The molecule has 5 rings (SSSR count). The van der Waals surface area contributed by atoms with Crippen LogP contribution in [0.4, 0.5) is 11.5 Å². The van der Waals surface area contributed by atoms with Crippen molar-refractivity contribution in [2.45, 2.75) is 49.5 Å². The fraction of sp³-hybridized carbons (Fsp3) is 0.455. The van der Waals surface area contributed by atoms with Gasteiger partial charge >= 0.3 is 0 Å². The number of nitrogens with two attached hydrogens (primary N) is 1. The molecule has 3 N–H and O–H groups in total. The van der Waals surface area contributed by atoms with E-state index in [1.807, 2.05) is 11.0 Å². The Kier molecular flexibility index (Phi) is 3.93. The molecule has 1 amide bonds. The number of hydrogen-bond acceptors (Lipinski definition) is 4. The Morgan fingerprint density at radius 1 is 1.19 bits per heavy atom. The Labute approximate surface area is 160 Å². The zero-order chi connectivity index (χ0) is 18.4. The highest BCUT2D eigenvalue weighted by atomic mass is 16.2. The van der Waals surface area contributed by atoms with Crippen LogP contribution in [0.3, 0.4) is 0 Å². The van der Waals surface area contributed by atoms with Crippen molar-refractivity contribution in [1.29, 1.82) is 0 Å². The monoisotopic (exact) mass is 362 g/mol. The molecular formula is C22H26N4O. The van der Waals surface area contributed by atoms with E-state index in [0.29, 0.717) is 11.5 Å². The predicted molar refractivity (Wildman–Crippen MR) is 107 cm³/mol. The smallest absolute Gasteiger partial charge is 0.235 e. The van der Waals surface area contributed by atoms with Crippen LogP contribution in [0.2, 0.25) is 0 Å². The first-order valence-electron chi connectivity index (χ1n) is 10.0. The first-order valence-corrected chi connectivity index (χ1v) is 10.0. The van der Waals surface area contributed by atoms with Gasteiger partial charge in [-0.15, -0.1) is 0 Å². The molecular weight excluding hydrogens is 336 g/mol. The van der Waals surface area contributed by atoms with Crippen molar-refractivity contribution < 1.29 is 4.79 Å². The van der Waals surface area contributed by atoms with Gasteiger partial charge in [0.2, 0.25) is 5.91 Å². The summed E-state index contributed by atoms with van der Waals surface area (Å²) < 4.78 is 0. The van der Waals surface area contributed by atoms with Gasteiger partial charge in [-0.05, 0) is 67.8 Å². The van der Waals surface area contributed by atoms with Gasteiger partial charge in [0.25, 0.3) is 0 Å². The number of nitrogen functional groups attached to an aromatic ring is 1. The van der Waals surface area contributed by atoms with Crippen LogP contribution in [0.1, 0.15) is 49.1 Å². The maximum Gasteiger partial charge on any atom is 0.235 e. The quantitative estimate of drug-likeness (QED) is 0.881. The third-order valence-corrected chi connectivity index (χ3v) is 6.53. The molecule has 2 heterocycles. The molecule has 0 bridgehead atoms. The van der Waals surface area contributed by atoms with E-state index in [1.54, 1.807) is 12.3 Å². The van der Waals surface area contributed by atoms with Crippen LogP contribution >= 0.6 is 0 Å². The molecule has 1 spiro atoms. The molecule has 1 unspecified atom stereocenters. The molecule has 0 radical (unpaired) electrons. The second kappa shape index (κ2) is 6.34. The van der Waals surface area contributed by atoms with Crippen molar-refractivity contribution in [3.8, 4) is 0 Å². The van der Waals surface area contributed by atoms with Crippen molar-refractivity contribution in [2.24, 2.45) is 0 Å². The number of pyridine rings is 1. The number of piperidine rings is 1. The molecule has 5 nitrogen and oxygen atoms in total. The second-order valence-corrected chi connectivity index (χ2v) is 8.26. The van der Waals surface area contributed by atoms with Gasteiger partial charge in [0.15, 0.2) is 0 Å². The SMILES string of the molecule is Nc1ccnc(N(C(=O)C2CC3(CCNCC3)c3ccccc32)C2CC2)c1. The zero-order valence-electron chi connectivity index (χ0n) is 15.5. The first-order chi connectivity index (χ1) is 13.2. The zero-order valence-corrected chi connectivity index (χ0v) is 15.5. The van der Waals surface area contributed by atoms with Gasteiger partial charge < -0.3 is 11.1 Å². The van der Waals surface area contributed by atoms with Crippen LogP contribution in [-0.4, -0.2) is 30.0 Å². The minimum absolute atomic E-state index is 0.0804. The summed E-state index contributed by atoms with van der Waals surface area (Å²) in [6.07, 6.45) is 6.92. The van der Waals surface area contributed by atoms with Gasteiger partial charge in [-0.25, -0.2) is 4.98 Å². The summed E-state index contributed by atoms with van der Waals surface area (Å²) in [4.78, 5) is 20.2. The summed E-state index contributed by atoms with van der Waals surface area (Å²) in [6, 6.07) is 12.5. The third-order valence-electron chi connectivity index (χ3n) is 6.53. The number of hydrogen-bond donors (Lipinski definition) is 2. The first kappa shape index (κ1) is 16.8. The van der Waals surface area contributed by atoms with E-state index in [0.717, 1.165) is 45.2 Å². The number of fused-ring (bicyclic) bond motifs is 2. The van der Waals surface area contributed by atoms with Gasteiger partial charge in [-0.1, -0.05) is 24.3 Å². The number of nitrogens with one attached hydrogen (secondary N) is 1. The molecule has 1 aromatic carbocycles. The predicted octanol–water partition coefficient (Wildman–Crippen LogP) is 2.97. The van der Waals surface area contributed by atoms with Crippen LogP contribution < -0.4 is 16.0 Å². The lowest BCUT2D eigenvalue weighted by atomic mass is 9.74. The lowest BCUT2D eigenvalue weighted by molar-refractivity contribution is -0.120. The number of benzene rings is 1. The molecule has 27 heavy (non-hydrogen) atoms. The van der Waals surface area contributed by atoms with Gasteiger partial charge in [-0.2, -0.15) is 0 Å². The Hall–Kier alpha value is -2.40. The summed E-state index contributed by atoms with van der Waals surface area (Å²) in [5.74, 6) is 0.813. The Morgan fingerprint density at radius 3 is 2.70 bits per heavy atom. The normalized spacial score (nSPS) is 23.2. The minimum atomic E-state index is -0.0804. The van der Waals surface area contributed by atoms with E-state index in [2.05, 4.69) is 34.6 Å². The number of carbonyl (C=O) groups is 1.